The third-order valence-electron chi connectivity index (χ3n) is 2.29. The fourth-order valence-electron chi connectivity index (χ4n) is 1.58. The molecule has 0 saturated carbocycles. The lowest BCUT2D eigenvalue weighted by molar-refractivity contribution is 0.176. The van der Waals surface area contributed by atoms with Gasteiger partial charge in [0.15, 0.2) is 0 Å². The van der Waals surface area contributed by atoms with Crippen molar-refractivity contribution in [2.45, 2.75) is 6.61 Å². The Hall–Kier alpha value is -2.14. The number of aromatic nitrogens is 2. The summed E-state index contributed by atoms with van der Waals surface area (Å²) in [5.74, 6) is 0.0154. The molecule has 0 aliphatic carbocycles. The molecule has 0 saturated heterocycles. The summed E-state index contributed by atoms with van der Waals surface area (Å²) in [6.45, 7) is 0.151. The first-order chi connectivity index (χ1) is 8.22. The molecule has 0 spiro atoms. The third kappa shape index (κ3) is 2.34. The minimum absolute atomic E-state index is 0.151. The maximum Gasteiger partial charge on any atom is 0.262 e. The zero-order valence-electron chi connectivity index (χ0n) is 9.30. The summed E-state index contributed by atoms with van der Waals surface area (Å²) in [5, 5.41) is 9.77. The molecule has 0 unspecified atom stereocenters. The average Bonchev–Trinajstić information content (AvgIpc) is 2.30. The van der Waals surface area contributed by atoms with Crippen molar-refractivity contribution in [1.29, 1.82) is 0 Å². The Balaban J connectivity index is 2.53. The fourth-order valence-corrected chi connectivity index (χ4v) is 1.58. The van der Waals surface area contributed by atoms with Crippen molar-refractivity contribution < 1.29 is 9.84 Å². The minimum atomic E-state index is -0.379. The first-order valence-electron chi connectivity index (χ1n) is 5.09. The van der Waals surface area contributed by atoms with Gasteiger partial charge in [-0.3, -0.25) is 4.79 Å². The van der Waals surface area contributed by atoms with Gasteiger partial charge in [-0.05, 0) is 5.56 Å². The summed E-state index contributed by atoms with van der Waals surface area (Å²) in [4.78, 5) is 18.3. The summed E-state index contributed by atoms with van der Waals surface area (Å²) in [6, 6.07) is 8.89. The van der Waals surface area contributed by atoms with Gasteiger partial charge in [-0.15, -0.1) is 0 Å². The highest BCUT2D eigenvalue weighted by atomic mass is 16.5. The molecule has 1 heterocycles. The molecule has 5 nitrogen and oxygen atoms in total. The van der Waals surface area contributed by atoms with Crippen molar-refractivity contribution in [3.8, 4) is 17.0 Å². The molecule has 0 aliphatic rings. The topological polar surface area (TPSA) is 75.2 Å². The Morgan fingerprint density at radius 2 is 2.06 bits per heavy atom. The second kappa shape index (κ2) is 4.80. The Morgan fingerprint density at radius 3 is 2.65 bits per heavy atom. The number of nitrogens with one attached hydrogen (secondary N) is 1. The standard InChI is InChI=1S/C12H12N2O3/c1-17-7-9-13-11(15)10(12(16)14-9)8-5-3-2-4-6-8/h2-6H,7H2,1H3,(H2,13,14,15,16). The molecule has 2 N–H and O–H groups in total. The Labute approximate surface area is 97.7 Å². The summed E-state index contributed by atoms with van der Waals surface area (Å²) in [7, 11) is 1.49. The van der Waals surface area contributed by atoms with Crippen molar-refractivity contribution in [3.63, 3.8) is 0 Å². The summed E-state index contributed by atoms with van der Waals surface area (Å²) in [6.07, 6.45) is 0. The summed E-state index contributed by atoms with van der Waals surface area (Å²) >= 11 is 0. The lowest BCUT2D eigenvalue weighted by atomic mass is 10.1. The number of rotatable bonds is 3. The van der Waals surface area contributed by atoms with Crippen LogP contribution in [-0.4, -0.2) is 22.2 Å². The van der Waals surface area contributed by atoms with E-state index in [0.29, 0.717) is 11.4 Å². The number of nitrogens with zero attached hydrogens (tertiary/aromatic N) is 1. The lowest BCUT2D eigenvalue weighted by Gasteiger charge is -2.05. The van der Waals surface area contributed by atoms with Crippen molar-refractivity contribution in [1.82, 2.24) is 9.97 Å². The van der Waals surface area contributed by atoms with E-state index in [4.69, 9.17) is 4.74 Å². The fraction of sp³-hybridized carbons (Fsp3) is 0.167. The quantitative estimate of drug-likeness (QED) is 0.836. The molecule has 0 atom stereocenters. The van der Waals surface area contributed by atoms with Gasteiger partial charge in [0.25, 0.3) is 5.56 Å². The van der Waals surface area contributed by atoms with Crippen molar-refractivity contribution >= 4 is 0 Å². The van der Waals surface area contributed by atoms with Crippen molar-refractivity contribution in [3.05, 3.63) is 46.5 Å². The van der Waals surface area contributed by atoms with Gasteiger partial charge in [-0.25, -0.2) is 0 Å². The number of hydrogen-bond acceptors (Lipinski definition) is 4. The van der Waals surface area contributed by atoms with E-state index in [2.05, 4.69) is 9.97 Å². The van der Waals surface area contributed by atoms with Crippen LogP contribution in [0.2, 0.25) is 0 Å². The number of methoxy groups -OCH3 is 1. The highest BCUT2D eigenvalue weighted by molar-refractivity contribution is 5.66. The van der Waals surface area contributed by atoms with E-state index < -0.39 is 0 Å². The first kappa shape index (κ1) is 11.3. The highest BCUT2D eigenvalue weighted by Crippen LogP contribution is 2.22. The van der Waals surface area contributed by atoms with Gasteiger partial charge < -0.3 is 14.8 Å². The molecule has 1 aromatic heterocycles. The van der Waals surface area contributed by atoms with Gasteiger partial charge in [-0.1, -0.05) is 30.3 Å². The molecular weight excluding hydrogens is 220 g/mol. The van der Waals surface area contributed by atoms with Gasteiger partial charge in [0.05, 0.1) is 0 Å². The molecule has 5 heteroatoms. The van der Waals surface area contributed by atoms with Gasteiger partial charge in [0, 0.05) is 7.11 Å². The Bertz CT molecular complexity index is 564. The van der Waals surface area contributed by atoms with Crippen LogP contribution < -0.4 is 5.56 Å². The van der Waals surface area contributed by atoms with Crippen LogP contribution in [0.1, 0.15) is 5.82 Å². The minimum Gasteiger partial charge on any atom is -0.493 e. The van der Waals surface area contributed by atoms with Gasteiger partial charge in [0.1, 0.15) is 18.0 Å². The zero-order valence-corrected chi connectivity index (χ0v) is 9.30. The number of benzene rings is 1. The van der Waals surface area contributed by atoms with Crippen LogP contribution in [-0.2, 0) is 11.3 Å². The van der Waals surface area contributed by atoms with Crippen LogP contribution in [0, 0.1) is 0 Å². The molecule has 0 bridgehead atoms. The Morgan fingerprint density at radius 1 is 1.35 bits per heavy atom. The SMILES string of the molecule is COCc1nc(O)c(-c2ccccc2)c(=O)[nH]1. The molecular formula is C12H12N2O3. The van der Waals surface area contributed by atoms with E-state index >= 15 is 0 Å². The third-order valence-corrected chi connectivity index (χ3v) is 2.29. The van der Waals surface area contributed by atoms with Crippen LogP contribution in [0.25, 0.3) is 11.1 Å². The van der Waals surface area contributed by atoms with E-state index in [1.807, 2.05) is 6.07 Å². The molecule has 2 aromatic rings. The maximum absolute atomic E-state index is 11.8. The maximum atomic E-state index is 11.8. The molecule has 0 aliphatic heterocycles. The van der Waals surface area contributed by atoms with E-state index in [1.54, 1.807) is 24.3 Å². The normalized spacial score (nSPS) is 10.4. The smallest absolute Gasteiger partial charge is 0.262 e. The number of H-pyrrole nitrogens is 1. The van der Waals surface area contributed by atoms with Crippen LogP contribution in [0.4, 0.5) is 0 Å². The van der Waals surface area contributed by atoms with E-state index in [9.17, 15) is 9.90 Å². The molecule has 0 fully saturated rings. The predicted octanol–water partition coefficient (Wildman–Crippen LogP) is 1.29. The lowest BCUT2D eigenvalue weighted by Crippen LogP contribution is -2.14. The number of aromatic hydroxyl groups is 1. The van der Waals surface area contributed by atoms with Gasteiger partial charge in [-0.2, -0.15) is 4.98 Å². The van der Waals surface area contributed by atoms with Crippen molar-refractivity contribution in [2.75, 3.05) is 7.11 Å². The average molecular weight is 232 g/mol. The van der Waals surface area contributed by atoms with Gasteiger partial charge >= 0.3 is 0 Å². The summed E-state index contributed by atoms with van der Waals surface area (Å²) in [5.41, 5.74) is 0.420. The number of aromatic amines is 1. The molecule has 88 valence electrons. The second-order valence-electron chi connectivity index (χ2n) is 3.51. The van der Waals surface area contributed by atoms with Crippen LogP contribution >= 0.6 is 0 Å². The second-order valence-corrected chi connectivity index (χ2v) is 3.51. The monoisotopic (exact) mass is 232 g/mol. The number of ether oxygens (including phenoxy) is 1. The molecule has 0 radical (unpaired) electrons. The predicted molar refractivity (Wildman–Crippen MR) is 62.7 cm³/mol. The van der Waals surface area contributed by atoms with E-state index in [0.717, 1.165) is 0 Å². The number of hydrogen-bond donors (Lipinski definition) is 2. The molecule has 17 heavy (non-hydrogen) atoms. The van der Waals surface area contributed by atoms with Gasteiger partial charge in [0.2, 0.25) is 5.88 Å². The van der Waals surface area contributed by atoms with E-state index in [-0.39, 0.29) is 23.6 Å². The molecule has 0 amide bonds. The summed E-state index contributed by atoms with van der Waals surface area (Å²) < 4.78 is 4.84. The highest BCUT2D eigenvalue weighted by Gasteiger charge is 2.12. The first-order valence-corrected chi connectivity index (χ1v) is 5.09. The van der Waals surface area contributed by atoms with E-state index in [1.165, 1.54) is 7.11 Å². The van der Waals surface area contributed by atoms with Crippen LogP contribution in [0.15, 0.2) is 35.1 Å². The largest absolute Gasteiger partial charge is 0.493 e. The van der Waals surface area contributed by atoms with Crippen LogP contribution in [0.5, 0.6) is 5.88 Å². The zero-order chi connectivity index (χ0) is 12.3. The molecule has 2 rings (SSSR count). The Kier molecular flexibility index (Phi) is 3.20. The van der Waals surface area contributed by atoms with Crippen LogP contribution in [0.3, 0.4) is 0 Å². The molecule has 1 aromatic carbocycles. The van der Waals surface area contributed by atoms with Crippen molar-refractivity contribution in [2.24, 2.45) is 0 Å².